The van der Waals surface area contributed by atoms with Crippen LogP contribution in [0, 0.1) is 6.92 Å². The molecule has 1 atom stereocenters. The molecule has 0 saturated carbocycles. The second-order valence-corrected chi connectivity index (χ2v) is 3.74. The topological polar surface area (TPSA) is 38.0 Å². The molecule has 0 aromatic heterocycles. The number of hydrogen-bond donors (Lipinski definition) is 2. The Morgan fingerprint density at radius 2 is 2.38 bits per heavy atom. The number of hydrogen-bond acceptors (Lipinski definition) is 2. The minimum Gasteiger partial charge on any atom is -0.385 e. The summed E-state index contributed by atoms with van der Waals surface area (Å²) < 4.78 is 0. The summed E-state index contributed by atoms with van der Waals surface area (Å²) in [5.41, 5.74) is 9.73. The first-order valence-electron chi connectivity index (χ1n) is 4.86. The Hall–Kier alpha value is -1.02. The first kappa shape index (κ1) is 8.57. The second-order valence-electron chi connectivity index (χ2n) is 3.74. The zero-order valence-electron chi connectivity index (χ0n) is 8.01. The van der Waals surface area contributed by atoms with Crippen molar-refractivity contribution in [1.82, 2.24) is 0 Å². The molecular weight excluding hydrogens is 160 g/mol. The summed E-state index contributed by atoms with van der Waals surface area (Å²) in [4.78, 5) is 0. The van der Waals surface area contributed by atoms with Gasteiger partial charge in [0, 0.05) is 12.2 Å². The molecule has 0 saturated heterocycles. The summed E-state index contributed by atoms with van der Waals surface area (Å²) in [5.74, 6) is 0.552. The van der Waals surface area contributed by atoms with Gasteiger partial charge in [0.1, 0.15) is 0 Å². The number of aryl methyl sites for hydroxylation is 1. The second kappa shape index (κ2) is 3.38. The summed E-state index contributed by atoms with van der Waals surface area (Å²) in [7, 11) is 0. The van der Waals surface area contributed by atoms with Crippen LogP contribution in [0.4, 0.5) is 5.69 Å². The minimum absolute atomic E-state index is 0.552. The van der Waals surface area contributed by atoms with E-state index in [1.807, 2.05) is 0 Å². The van der Waals surface area contributed by atoms with E-state index in [-0.39, 0.29) is 0 Å². The molecule has 1 unspecified atom stereocenters. The molecule has 0 fully saturated rings. The molecule has 2 rings (SSSR count). The van der Waals surface area contributed by atoms with Crippen LogP contribution in [0.1, 0.15) is 23.5 Å². The molecule has 1 aromatic rings. The lowest BCUT2D eigenvalue weighted by molar-refractivity contribution is 0.636. The van der Waals surface area contributed by atoms with Gasteiger partial charge in [-0.05, 0) is 37.4 Å². The maximum Gasteiger partial charge on any atom is 0.0376 e. The summed E-state index contributed by atoms with van der Waals surface area (Å²) in [6.07, 6.45) is 1.16. The van der Waals surface area contributed by atoms with Crippen molar-refractivity contribution >= 4 is 5.69 Å². The Morgan fingerprint density at radius 3 is 3.15 bits per heavy atom. The normalized spacial score (nSPS) is 20.6. The highest BCUT2D eigenvalue weighted by molar-refractivity contribution is 5.56. The fourth-order valence-corrected chi connectivity index (χ4v) is 1.96. The van der Waals surface area contributed by atoms with Crippen molar-refractivity contribution in [1.29, 1.82) is 0 Å². The quantitative estimate of drug-likeness (QED) is 0.685. The SMILES string of the molecule is Cc1ccc2c(c1)C(CN)CCN2. The third-order valence-electron chi connectivity index (χ3n) is 2.74. The summed E-state index contributed by atoms with van der Waals surface area (Å²) >= 11 is 0. The van der Waals surface area contributed by atoms with Gasteiger partial charge in [-0.15, -0.1) is 0 Å². The van der Waals surface area contributed by atoms with E-state index in [0.29, 0.717) is 5.92 Å². The molecule has 1 aliphatic heterocycles. The van der Waals surface area contributed by atoms with Crippen molar-refractivity contribution in [2.24, 2.45) is 5.73 Å². The van der Waals surface area contributed by atoms with Crippen LogP contribution in [-0.4, -0.2) is 13.1 Å². The average Bonchev–Trinajstić information content (AvgIpc) is 2.17. The Labute approximate surface area is 79.1 Å². The van der Waals surface area contributed by atoms with Gasteiger partial charge in [0.2, 0.25) is 0 Å². The van der Waals surface area contributed by atoms with Crippen LogP contribution in [0.2, 0.25) is 0 Å². The van der Waals surface area contributed by atoms with Gasteiger partial charge in [-0.25, -0.2) is 0 Å². The molecule has 0 radical (unpaired) electrons. The molecule has 0 bridgehead atoms. The predicted molar refractivity (Wildman–Crippen MR) is 56.1 cm³/mol. The lowest BCUT2D eigenvalue weighted by atomic mass is 9.90. The van der Waals surface area contributed by atoms with Gasteiger partial charge >= 0.3 is 0 Å². The zero-order valence-corrected chi connectivity index (χ0v) is 8.01. The monoisotopic (exact) mass is 176 g/mol. The Bertz CT molecular complexity index is 307. The lowest BCUT2D eigenvalue weighted by Crippen LogP contribution is -2.22. The van der Waals surface area contributed by atoms with Crippen LogP contribution in [0.3, 0.4) is 0 Å². The number of nitrogens with two attached hydrogens (primary N) is 1. The molecule has 2 nitrogen and oxygen atoms in total. The van der Waals surface area contributed by atoms with Crippen molar-refractivity contribution < 1.29 is 0 Å². The van der Waals surface area contributed by atoms with Gasteiger partial charge in [-0.3, -0.25) is 0 Å². The number of rotatable bonds is 1. The molecule has 1 heterocycles. The van der Waals surface area contributed by atoms with Crippen molar-refractivity contribution in [2.75, 3.05) is 18.4 Å². The maximum absolute atomic E-state index is 5.74. The van der Waals surface area contributed by atoms with E-state index in [1.54, 1.807) is 0 Å². The molecule has 2 heteroatoms. The highest BCUT2D eigenvalue weighted by Gasteiger charge is 2.17. The van der Waals surface area contributed by atoms with E-state index >= 15 is 0 Å². The van der Waals surface area contributed by atoms with Gasteiger partial charge in [0.15, 0.2) is 0 Å². The van der Waals surface area contributed by atoms with E-state index in [0.717, 1.165) is 19.5 Å². The average molecular weight is 176 g/mol. The van der Waals surface area contributed by atoms with Crippen molar-refractivity contribution in [3.63, 3.8) is 0 Å². The standard InChI is InChI=1S/C11H16N2/c1-8-2-3-11-10(6-8)9(7-12)4-5-13-11/h2-3,6,9,13H,4-5,7,12H2,1H3. The smallest absolute Gasteiger partial charge is 0.0376 e. The summed E-state index contributed by atoms with van der Waals surface area (Å²) in [6, 6.07) is 6.55. The Balaban J connectivity index is 2.41. The van der Waals surface area contributed by atoms with E-state index < -0.39 is 0 Å². The largest absolute Gasteiger partial charge is 0.385 e. The van der Waals surface area contributed by atoms with Gasteiger partial charge in [-0.1, -0.05) is 17.7 Å². The highest BCUT2D eigenvalue weighted by Crippen LogP contribution is 2.31. The fourth-order valence-electron chi connectivity index (χ4n) is 1.96. The molecule has 1 aliphatic rings. The lowest BCUT2D eigenvalue weighted by Gasteiger charge is -2.25. The fraction of sp³-hybridized carbons (Fsp3) is 0.455. The maximum atomic E-state index is 5.74. The third kappa shape index (κ3) is 1.54. The van der Waals surface area contributed by atoms with Crippen LogP contribution in [0.25, 0.3) is 0 Å². The summed E-state index contributed by atoms with van der Waals surface area (Å²) in [5, 5.41) is 3.40. The van der Waals surface area contributed by atoms with Crippen LogP contribution < -0.4 is 11.1 Å². The van der Waals surface area contributed by atoms with E-state index in [4.69, 9.17) is 5.73 Å². The van der Waals surface area contributed by atoms with E-state index in [2.05, 4.69) is 30.4 Å². The minimum atomic E-state index is 0.552. The van der Waals surface area contributed by atoms with Crippen molar-refractivity contribution in [3.8, 4) is 0 Å². The van der Waals surface area contributed by atoms with Gasteiger partial charge in [0.05, 0.1) is 0 Å². The molecule has 70 valence electrons. The first-order chi connectivity index (χ1) is 6.31. The number of fused-ring (bicyclic) bond motifs is 1. The van der Waals surface area contributed by atoms with Crippen LogP contribution in [0.5, 0.6) is 0 Å². The van der Waals surface area contributed by atoms with Crippen LogP contribution in [0.15, 0.2) is 18.2 Å². The molecule has 3 N–H and O–H groups in total. The summed E-state index contributed by atoms with van der Waals surface area (Å²) in [6.45, 7) is 3.94. The van der Waals surface area contributed by atoms with Crippen LogP contribution in [-0.2, 0) is 0 Å². The number of nitrogens with one attached hydrogen (secondary N) is 1. The first-order valence-corrected chi connectivity index (χ1v) is 4.86. The predicted octanol–water partition coefficient (Wildman–Crippen LogP) is 1.85. The Kier molecular flexibility index (Phi) is 2.23. The van der Waals surface area contributed by atoms with E-state index in [1.165, 1.54) is 16.8 Å². The van der Waals surface area contributed by atoms with Gasteiger partial charge < -0.3 is 11.1 Å². The molecule has 0 spiro atoms. The third-order valence-corrected chi connectivity index (χ3v) is 2.74. The van der Waals surface area contributed by atoms with Gasteiger partial charge in [0.25, 0.3) is 0 Å². The Morgan fingerprint density at radius 1 is 1.54 bits per heavy atom. The molecule has 0 aliphatic carbocycles. The molecular formula is C11H16N2. The zero-order chi connectivity index (χ0) is 9.26. The van der Waals surface area contributed by atoms with Crippen molar-refractivity contribution in [2.45, 2.75) is 19.3 Å². The number of benzene rings is 1. The van der Waals surface area contributed by atoms with Crippen LogP contribution >= 0.6 is 0 Å². The molecule has 0 amide bonds. The molecule has 13 heavy (non-hydrogen) atoms. The van der Waals surface area contributed by atoms with Gasteiger partial charge in [-0.2, -0.15) is 0 Å². The number of anilines is 1. The molecule has 1 aromatic carbocycles. The van der Waals surface area contributed by atoms with E-state index in [9.17, 15) is 0 Å². The van der Waals surface area contributed by atoms with Crippen molar-refractivity contribution in [3.05, 3.63) is 29.3 Å². The highest BCUT2D eigenvalue weighted by atomic mass is 14.9.